The molecule has 1 saturated carbocycles. The highest BCUT2D eigenvalue weighted by Gasteiger charge is 2.37. The van der Waals surface area contributed by atoms with Crippen molar-refractivity contribution in [1.82, 2.24) is 0 Å². The van der Waals surface area contributed by atoms with E-state index in [9.17, 15) is 4.79 Å². The highest BCUT2D eigenvalue weighted by atomic mass is 35.5. The number of halogens is 1. The van der Waals surface area contributed by atoms with Gasteiger partial charge in [0.1, 0.15) is 5.78 Å². The standard InChI is InChI=1S/C9H9ClOS/c1-5-7(3-8(5)11)6-2-9(10)12-4-6/h2,4-5,7H,3H2,1H3. The average Bonchev–Trinajstić information content (AvgIpc) is 2.46. The summed E-state index contributed by atoms with van der Waals surface area (Å²) in [4.78, 5) is 11.0. The van der Waals surface area contributed by atoms with Crippen LogP contribution in [0.5, 0.6) is 0 Å². The van der Waals surface area contributed by atoms with Gasteiger partial charge in [-0.05, 0) is 17.0 Å². The monoisotopic (exact) mass is 200 g/mol. The lowest BCUT2D eigenvalue weighted by Gasteiger charge is -2.31. The molecule has 0 radical (unpaired) electrons. The molecular formula is C9H9ClOS. The summed E-state index contributed by atoms with van der Waals surface area (Å²) >= 11 is 7.34. The Morgan fingerprint density at radius 2 is 2.42 bits per heavy atom. The van der Waals surface area contributed by atoms with Crippen LogP contribution in [0, 0.1) is 5.92 Å². The van der Waals surface area contributed by atoms with Crippen molar-refractivity contribution in [2.45, 2.75) is 19.3 Å². The number of hydrogen-bond donors (Lipinski definition) is 0. The van der Waals surface area contributed by atoms with Gasteiger partial charge in [-0.2, -0.15) is 0 Å². The summed E-state index contributed by atoms with van der Waals surface area (Å²) < 4.78 is 0.816. The van der Waals surface area contributed by atoms with E-state index in [-0.39, 0.29) is 5.92 Å². The fraction of sp³-hybridized carbons (Fsp3) is 0.444. The third-order valence-electron chi connectivity index (χ3n) is 2.55. The van der Waals surface area contributed by atoms with Gasteiger partial charge in [0.05, 0.1) is 4.34 Å². The van der Waals surface area contributed by atoms with Crippen molar-refractivity contribution in [3.05, 3.63) is 21.3 Å². The van der Waals surface area contributed by atoms with Crippen LogP contribution >= 0.6 is 22.9 Å². The minimum absolute atomic E-state index is 0.204. The second-order valence-electron chi connectivity index (χ2n) is 3.25. The first-order chi connectivity index (χ1) is 5.68. The predicted octanol–water partition coefficient (Wildman–Crippen LogP) is 3.09. The van der Waals surface area contributed by atoms with Gasteiger partial charge in [-0.3, -0.25) is 4.79 Å². The van der Waals surface area contributed by atoms with Crippen LogP contribution in [0.3, 0.4) is 0 Å². The molecular weight excluding hydrogens is 192 g/mol. The van der Waals surface area contributed by atoms with Crippen LogP contribution in [-0.2, 0) is 4.79 Å². The first-order valence-corrected chi connectivity index (χ1v) is 5.21. The molecule has 1 nitrogen and oxygen atoms in total. The van der Waals surface area contributed by atoms with Crippen LogP contribution in [-0.4, -0.2) is 5.78 Å². The highest BCUT2D eigenvalue weighted by Crippen LogP contribution is 2.41. The summed E-state index contributed by atoms with van der Waals surface area (Å²) in [5.41, 5.74) is 1.23. The molecule has 1 aliphatic carbocycles. The van der Waals surface area contributed by atoms with Crippen LogP contribution in [0.1, 0.15) is 24.8 Å². The van der Waals surface area contributed by atoms with Gasteiger partial charge in [-0.15, -0.1) is 11.3 Å². The van der Waals surface area contributed by atoms with E-state index in [1.54, 1.807) is 0 Å². The molecule has 0 amide bonds. The van der Waals surface area contributed by atoms with Crippen molar-refractivity contribution in [1.29, 1.82) is 0 Å². The smallest absolute Gasteiger partial charge is 0.136 e. The lowest BCUT2D eigenvalue weighted by atomic mass is 9.71. The third kappa shape index (κ3) is 1.19. The Morgan fingerprint density at radius 1 is 1.67 bits per heavy atom. The molecule has 2 rings (SSSR count). The van der Waals surface area contributed by atoms with Crippen LogP contribution in [0.15, 0.2) is 11.4 Å². The van der Waals surface area contributed by atoms with Crippen molar-refractivity contribution in [2.75, 3.05) is 0 Å². The Labute approximate surface area is 80.4 Å². The van der Waals surface area contributed by atoms with E-state index in [2.05, 4.69) is 5.38 Å². The van der Waals surface area contributed by atoms with Gasteiger partial charge in [-0.1, -0.05) is 18.5 Å². The minimum Gasteiger partial charge on any atom is -0.299 e. The number of thiophene rings is 1. The van der Waals surface area contributed by atoms with Gasteiger partial charge in [0, 0.05) is 18.3 Å². The molecule has 64 valence electrons. The van der Waals surface area contributed by atoms with Gasteiger partial charge >= 0.3 is 0 Å². The maximum atomic E-state index is 11.0. The molecule has 0 N–H and O–H groups in total. The predicted molar refractivity (Wildman–Crippen MR) is 50.9 cm³/mol. The molecule has 0 saturated heterocycles. The lowest BCUT2D eigenvalue weighted by molar-refractivity contribution is -0.130. The largest absolute Gasteiger partial charge is 0.299 e. The highest BCUT2D eigenvalue weighted by molar-refractivity contribution is 7.14. The molecule has 1 aromatic rings. The van der Waals surface area contributed by atoms with E-state index in [4.69, 9.17) is 11.6 Å². The number of carbonyl (C=O) groups excluding carboxylic acids is 1. The molecule has 0 aliphatic heterocycles. The zero-order valence-electron chi connectivity index (χ0n) is 6.71. The Balaban J connectivity index is 2.17. The Hall–Kier alpha value is -0.340. The van der Waals surface area contributed by atoms with Gasteiger partial charge in [0.15, 0.2) is 0 Å². The van der Waals surface area contributed by atoms with E-state index in [1.807, 2.05) is 13.0 Å². The third-order valence-corrected chi connectivity index (χ3v) is 3.66. The Kier molecular flexibility index (Phi) is 1.97. The molecule has 2 atom stereocenters. The fourth-order valence-electron chi connectivity index (χ4n) is 1.57. The van der Waals surface area contributed by atoms with Crippen molar-refractivity contribution < 1.29 is 4.79 Å². The van der Waals surface area contributed by atoms with Gasteiger partial charge < -0.3 is 0 Å². The summed E-state index contributed by atoms with van der Waals surface area (Å²) in [5.74, 6) is 1.01. The van der Waals surface area contributed by atoms with Gasteiger partial charge in [0.25, 0.3) is 0 Å². The molecule has 1 aromatic heterocycles. The van der Waals surface area contributed by atoms with Crippen molar-refractivity contribution >= 4 is 28.7 Å². The van der Waals surface area contributed by atoms with Crippen molar-refractivity contribution in [3.8, 4) is 0 Å². The zero-order valence-corrected chi connectivity index (χ0v) is 8.28. The maximum Gasteiger partial charge on any atom is 0.136 e. The zero-order chi connectivity index (χ0) is 8.72. The normalized spacial score (nSPS) is 28.7. The fourth-order valence-corrected chi connectivity index (χ4v) is 2.52. The molecule has 2 unspecified atom stereocenters. The van der Waals surface area contributed by atoms with Crippen LogP contribution in [0.4, 0.5) is 0 Å². The quantitative estimate of drug-likeness (QED) is 0.681. The van der Waals surface area contributed by atoms with Gasteiger partial charge in [0.2, 0.25) is 0 Å². The van der Waals surface area contributed by atoms with E-state index in [0.29, 0.717) is 18.1 Å². The SMILES string of the molecule is CC1C(=O)CC1c1csc(Cl)c1. The Bertz CT molecular complexity index is 318. The van der Waals surface area contributed by atoms with E-state index in [1.165, 1.54) is 16.9 Å². The number of Topliss-reactive ketones (excluding diaryl/α,β-unsaturated/α-hetero) is 1. The van der Waals surface area contributed by atoms with E-state index >= 15 is 0 Å². The molecule has 0 spiro atoms. The van der Waals surface area contributed by atoms with Gasteiger partial charge in [-0.25, -0.2) is 0 Å². The second-order valence-corrected chi connectivity index (χ2v) is 4.79. The van der Waals surface area contributed by atoms with E-state index in [0.717, 1.165) is 4.34 Å². The topological polar surface area (TPSA) is 17.1 Å². The summed E-state index contributed by atoms with van der Waals surface area (Å²) in [7, 11) is 0. The van der Waals surface area contributed by atoms with E-state index < -0.39 is 0 Å². The number of ketones is 1. The molecule has 1 heterocycles. The number of rotatable bonds is 1. The molecule has 12 heavy (non-hydrogen) atoms. The lowest BCUT2D eigenvalue weighted by Crippen LogP contribution is -2.32. The first kappa shape index (κ1) is 8.27. The van der Waals surface area contributed by atoms with Crippen LogP contribution in [0.2, 0.25) is 4.34 Å². The Morgan fingerprint density at radius 3 is 2.83 bits per heavy atom. The molecule has 0 bridgehead atoms. The van der Waals surface area contributed by atoms with Crippen molar-refractivity contribution in [2.24, 2.45) is 5.92 Å². The number of carbonyl (C=O) groups is 1. The second kappa shape index (κ2) is 2.86. The molecule has 3 heteroatoms. The average molecular weight is 201 g/mol. The molecule has 1 fully saturated rings. The summed E-state index contributed by atoms with van der Waals surface area (Å²) in [5, 5.41) is 2.05. The first-order valence-electron chi connectivity index (χ1n) is 3.95. The summed E-state index contributed by atoms with van der Waals surface area (Å²) in [6.45, 7) is 1.99. The maximum absolute atomic E-state index is 11.0. The van der Waals surface area contributed by atoms with Crippen molar-refractivity contribution in [3.63, 3.8) is 0 Å². The molecule has 0 aromatic carbocycles. The summed E-state index contributed by atoms with van der Waals surface area (Å²) in [6.07, 6.45) is 0.703. The number of hydrogen-bond acceptors (Lipinski definition) is 2. The van der Waals surface area contributed by atoms with Crippen LogP contribution in [0.25, 0.3) is 0 Å². The van der Waals surface area contributed by atoms with Crippen LogP contribution < -0.4 is 0 Å². The summed E-state index contributed by atoms with van der Waals surface area (Å²) in [6, 6.07) is 1.97. The minimum atomic E-state index is 0.204. The molecule has 1 aliphatic rings.